The van der Waals surface area contributed by atoms with Crippen LogP contribution in [0.4, 0.5) is 4.39 Å². The van der Waals surface area contributed by atoms with Gasteiger partial charge in [0.05, 0.1) is 0 Å². The zero-order valence-corrected chi connectivity index (χ0v) is 10.7. The van der Waals surface area contributed by atoms with Crippen LogP contribution < -0.4 is 0 Å². The number of rotatable bonds is 4. The van der Waals surface area contributed by atoms with Crippen molar-refractivity contribution in [1.82, 2.24) is 0 Å². The average Bonchev–Trinajstić information content (AvgIpc) is 2.39. The third-order valence-corrected chi connectivity index (χ3v) is 4.23. The quantitative estimate of drug-likeness (QED) is 0.807. The fourth-order valence-corrected chi connectivity index (χ4v) is 2.97. The van der Waals surface area contributed by atoms with Gasteiger partial charge in [0, 0.05) is 5.56 Å². The number of benzene rings is 2. The minimum Gasteiger partial charge on any atom is -0.293 e. The predicted octanol–water partition coefficient (Wildman–Crippen LogP) is 2.48. The van der Waals surface area contributed by atoms with Gasteiger partial charge in [-0.05, 0) is 12.1 Å². The molecular weight excluding hydrogens is 267 g/mol. The molecule has 2 rings (SSSR count). The molecule has 0 aliphatic carbocycles. The lowest BCUT2D eigenvalue weighted by Gasteiger charge is -2.05. The summed E-state index contributed by atoms with van der Waals surface area (Å²) >= 11 is 0. The molecule has 0 heterocycles. The van der Waals surface area contributed by atoms with E-state index in [0.717, 1.165) is 12.1 Å². The molecule has 0 saturated carbocycles. The molecule has 2 aromatic carbocycles. The van der Waals surface area contributed by atoms with Crippen LogP contribution in [-0.2, 0) is 9.84 Å². The molecule has 0 aliphatic heterocycles. The first-order chi connectivity index (χ1) is 9.00. The van der Waals surface area contributed by atoms with Crippen molar-refractivity contribution in [3.8, 4) is 0 Å². The SMILES string of the molecule is O=C(CS(=O)(=O)c1ccccc1F)c1ccccc1. The summed E-state index contributed by atoms with van der Waals surface area (Å²) in [6, 6.07) is 13.1. The summed E-state index contributed by atoms with van der Waals surface area (Å²) in [6.45, 7) is 0. The smallest absolute Gasteiger partial charge is 0.188 e. The molecule has 0 unspecified atom stereocenters. The topological polar surface area (TPSA) is 51.2 Å². The molecule has 98 valence electrons. The zero-order chi connectivity index (χ0) is 13.9. The van der Waals surface area contributed by atoms with E-state index in [1.165, 1.54) is 24.3 Å². The van der Waals surface area contributed by atoms with Gasteiger partial charge in [-0.3, -0.25) is 4.79 Å². The lowest BCUT2D eigenvalue weighted by atomic mass is 10.2. The number of carbonyl (C=O) groups excluding carboxylic acids is 1. The molecule has 5 heteroatoms. The highest BCUT2D eigenvalue weighted by molar-refractivity contribution is 7.92. The van der Waals surface area contributed by atoms with E-state index in [-0.39, 0.29) is 0 Å². The first kappa shape index (κ1) is 13.4. The number of ketones is 1. The van der Waals surface area contributed by atoms with E-state index in [2.05, 4.69) is 0 Å². The van der Waals surface area contributed by atoms with Gasteiger partial charge in [-0.1, -0.05) is 42.5 Å². The van der Waals surface area contributed by atoms with Crippen molar-refractivity contribution in [3.05, 3.63) is 66.0 Å². The molecule has 0 aliphatic rings. The summed E-state index contributed by atoms with van der Waals surface area (Å²) in [6.07, 6.45) is 0. The third kappa shape index (κ3) is 3.06. The highest BCUT2D eigenvalue weighted by atomic mass is 32.2. The van der Waals surface area contributed by atoms with Gasteiger partial charge in [-0.15, -0.1) is 0 Å². The molecule has 3 nitrogen and oxygen atoms in total. The summed E-state index contributed by atoms with van der Waals surface area (Å²) in [5, 5.41) is 0. The van der Waals surface area contributed by atoms with Gasteiger partial charge < -0.3 is 0 Å². The lowest BCUT2D eigenvalue weighted by Crippen LogP contribution is -2.17. The molecule has 0 amide bonds. The maximum atomic E-state index is 13.4. The van der Waals surface area contributed by atoms with E-state index in [1.807, 2.05) is 0 Å². The standard InChI is InChI=1S/C14H11FO3S/c15-12-8-4-5-9-14(12)19(17,18)10-13(16)11-6-2-1-3-7-11/h1-9H,10H2. The number of hydrogen-bond donors (Lipinski definition) is 0. The van der Waals surface area contributed by atoms with Gasteiger partial charge >= 0.3 is 0 Å². The summed E-state index contributed by atoms with van der Waals surface area (Å²) in [5.74, 6) is -2.13. The van der Waals surface area contributed by atoms with Crippen molar-refractivity contribution in [2.24, 2.45) is 0 Å². The van der Waals surface area contributed by atoms with E-state index in [9.17, 15) is 17.6 Å². The molecule has 0 fully saturated rings. The summed E-state index contributed by atoms with van der Waals surface area (Å²) in [7, 11) is -3.96. The van der Waals surface area contributed by atoms with Crippen LogP contribution in [-0.4, -0.2) is 20.0 Å². The Bertz CT molecular complexity index is 694. The molecule has 2 aromatic rings. The minimum absolute atomic E-state index is 0.294. The average molecular weight is 278 g/mol. The van der Waals surface area contributed by atoms with E-state index in [4.69, 9.17) is 0 Å². The van der Waals surface area contributed by atoms with Gasteiger partial charge in [0.2, 0.25) is 0 Å². The maximum absolute atomic E-state index is 13.4. The van der Waals surface area contributed by atoms with E-state index >= 15 is 0 Å². The Morgan fingerprint density at radius 2 is 1.53 bits per heavy atom. The molecule has 0 saturated heterocycles. The number of halogens is 1. The Morgan fingerprint density at radius 1 is 0.947 bits per heavy atom. The van der Waals surface area contributed by atoms with Crippen molar-refractivity contribution in [2.45, 2.75) is 4.90 Å². The van der Waals surface area contributed by atoms with Gasteiger partial charge in [0.1, 0.15) is 16.5 Å². The fourth-order valence-electron chi connectivity index (χ4n) is 1.65. The molecule has 0 spiro atoms. The molecular formula is C14H11FO3S. The van der Waals surface area contributed by atoms with Crippen LogP contribution in [0.5, 0.6) is 0 Å². The van der Waals surface area contributed by atoms with Gasteiger partial charge in [-0.25, -0.2) is 12.8 Å². The summed E-state index contributed by atoms with van der Waals surface area (Å²) in [5.41, 5.74) is 0.294. The summed E-state index contributed by atoms with van der Waals surface area (Å²) in [4.78, 5) is 11.4. The normalized spacial score (nSPS) is 11.2. The number of hydrogen-bond acceptors (Lipinski definition) is 3. The van der Waals surface area contributed by atoms with E-state index in [1.54, 1.807) is 18.2 Å². The highest BCUT2D eigenvalue weighted by Crippen LogP contribution is 2.16. The zero-order valence-electron chi connectivity index (χ0n) is 9.91. The molecule has 19 heavy (non-hydrogen) atoms. The van der Waals surface area contributed by atoms with Gasteiger partial charge in [-0.2, -0.15) is 0 Å². The Kier molecular flexibility index (Phi) is 3.76. The molecule has 0 atom stereocenters. The Morgan fingerprint density at radius 3 is 2.16 bits per heavy atom. The van der Waals surface area contributed by atoms with E-state index in [0.29, 0.717) is 5.56 Å². The Hall–Kier alpha value is -2.01. The molecule has 0 radical (unpaired) electrons. The Balaban J connectivity index is 2.29. The van der Waals surface area contributed by atoms with Crippen LogP contribution in [0, 0.1) is 5.82 Å². The second-order valence-corrected chi connectivity index (χ2v) is 5.94. The monoisotopic (exact) mass is 278 g/mol. The predicted molar refractivity (Wildman–Crippen MR) is 69.2 cm³/mol. The second-order valence-electron chi connectivity index (χ2n) is 3.98. The van der Waals surface area contributed by atoms with Crippen LogP contribution in [0.15, 0.2) is 59.5 Å². The third-order valence-electron chi connectivity index (χ3n) is 2.59. The Labute approximate surface area is 110 Å². The van der Waals surface area contributed by atoms with Crippen molar-refractivity contribution in [2.75, 3.05) is 5.75 Å². The van der Waals surface area contributed by atoms with Crippen LogP contribution in [0.2, 0.25) is 0 Å². The number of carbonyl (C=O) groups is 1. The van der Waals surface area contributed by atoms with Crippen LogP contribution in [0.25, 0.3) is 0 Å². The summed E-state index contributed by atoms with van der Waals surface area (Å²) < 4.78 is 37.4. The molecule has 0 N–H and O–H groups in total. The van der Waals surface area contributed by atoms with Crippen LogP contribution >= 0.6 is 0 Å². The van der Waals surface area contributed by atoms with Gasteiger partial charge in [0.25, 0.3) is 0 Å². The maximum Gasteiger partial charge on any atom is 0.188 e. The van der Waals surface area contributed by atoms with Crippen molar-refractivity contribution >= 4 is 15.6 Å². The molecule has 0 aromatic heterocycles. The van der Waals surface area contributed by atoms with Crippen LogP contribution in [0.1, 0.15) is 10.4 Å². The first-order valence-electron chi connectivity index (χ1n) is 5.56. The van der Waals surface area contributed by atoms with Crippen molar-refractivity contribution in [3.63, 3.8) is 0 Å². The van der Waals surface area contributed by atoms with E-state index < -0.39 is 32.1 Å². The van der Waals surface area contributed by atoms with Crippen molar-refractivity contribution in [1.29, 1.82) is 0 Å². The van der Waals surface area contributed by atoms with Crippen molar-refractivity contribution < 1.29 is 17.6 Å². The molecule has 0 bridgehead atoms. The largest absolute Gasteiger partial charge is 0.293 e. The highest BCUT2D eigenvalue weighted by Gasteiger charge is 2.23. The number of Topliss-reactive ketones (excluding diaryl/α,β-unsaturated/α-hetero) is 1. The minimum atomic E-state index is -3.96. The van der Waals surface area contributed by atoms with Crippen LogP contribution in [0.3, 0.4) is 0 Å². The number of sulfone groups is 1. The van der Waals surface area contributed by atoms with Gasteiger partial charge in [0.15, 0.2) is 15.6 Å². The lowest BCUT2D eigenvalue weighted by molar-refractivity contribution is 0.102. The first-order valence-corrected chi connectivity index (χ1v) is 7.21. The second kappa shape index (κ2) is 5.32. The fraction of sp³-hybridized carbons (Fsp3) is 0.0714.